The summed E-state index contributed by atoms with van der Waals surface area (Å²) < 4.78 is 34.4. The van der Waals surface area contributed by atoms with Crippen LogP contribution in [0, 0.1) is 25.5 Å². The minimum Gasteiger partial charge on any atom is -0.484 e. The fraction of sp³-hybridized carbons (Fsp3) is 0.115. The molecule has 35 heavy (non-hydrogen) atoms. The first kappa shape index (κ1) is 23.6. The Morgan fingerprint density at radius 3 is 2.40 bits per heavy atom. The third-order valence-electron chi connectivity index (χ3n) is 5.18. The molecule has 3 aromatic carbocycles. The van der Waals surface area contributed by atoms with E-state index in [-0.39, 0.29) is 23.8 Å². The van der Waals surface area contributed by atoms with Crippen LogP contribution in [0.15, 0.2) is 72.8 Å². The van der Waals surface area contributed by atoms with Crippen molar-refractivity contribution in [1.29, 1.82) is 0 Å². The highest BCUT2D eigenvalue weighted by Crippen LogP contribution is 2.23. The number of nitrogens with zero attached hydrogens (tertiary/aromatic N) is 2. The maximum atomic E-state index is 14.3. The van der Waals surface area contributed by atoms with Crippen LogP contribution in [0.4, 0.5) is 20.2 Å². The zero-order valence-electron chi connectivity index (χ0n) is 19.0. The lowest BCUT2D eigenvalue weighted by molar-refractivity contribution is -0.118. The Bertz CT molecular complexity index is 1390. The van der Waals surface area contributed by atoms with Crippen molar-refractivity contribution in [3.8, 4) is 11.4 Å². The summed E-state index contributed by atoms with van der Waals surface area (Å²) in [4.78, 5) is 25.1. The molecule has 7 nitrogen and oxygen atoms in total. The molecule has 0 aliphatic heterocycles. The first-order valence-corrected chi connectivity index (χ1v) is 10.7. The summed E-state index contributed by atoms with van der Waals surface area (Å²) in [5.41, 5.74) is 2.19. The Hall–Kier alpha value is -4.53. The fourth-order valence-corrected chi connectivity index (χ4v) is 3.58. The number of benzene rings is 3. The van der Waals surface area contributed by atoms with Crippen molar-refractivity contribution in [1.82, 2.24) is 9.78 Å². The largest absolute Gasteiger partial charge is 0.484 e. The van der Waals surface area contributed by atoms with E-state index in [2.05, 4.69) is 15.7 Å². The highest BCUT2D eigenvalue weighted by molar-refractivity contribution is 6.06. The molecule has 0 bridgehead atoms. The molecule has 0 unspecified atom stereocenters. The molecule has 4 aromatic rings. The molecule has 0 saturated carbocycles. The van der Waals surface area contributed by atoms with E-state index in [9.17, 15) is 18.4 Å². The Morgan fingerprint density at radius 2 is 1.66 bits per heavy atom. The van der Waals surface area contributed by atoms with Gasteiger partial charge in [0, 0.05) is 23.5 Å². The highest BCUT2D eigenvalue weighted by Gasteiger charge is 2.21. The summed E-state index contributed by atoms with van der Waals surface area (Å²) in [6.07, 6.45) is 0. The molecule has 1 aromatic heterocycles. The smallest absolute Gasteiger partial charge is 0.262 e. The Morgan fingerprint density at radius 1 is 0.914 bits per heavy atom. The molecule has 2 amide bonds. The van der Waals surface area contributed by atoms with Crippen LogP contribution < -0.4 is 15.4 Å². The van der Waals surface area contributed by atoms with Gasteiger partial charge in [-0.1, -0.05) is 24.3 Å². The molecule has 4 rings (SSSR count). The maximum Gasteiger partial charge on any atom is 0.262 e. The SMILES string of the molecule is Cc1nn(-c2ccc(F)cc2F)c(C)c1C(=O)Nc1cccc(OCC(=O)Nc2ccccc2)c1. The van der Waals surface area contributed by atoms with Crippen molar-refractivity contribution in [2.24, 2.45) is 0 Å². The lowest BCUT2D eigenvalue weighted by Crippen LogP contribution is -2.20. The number of ether oxygens (including phenoxy) is 1. The molecule has 0 fully saturated rings. The second-order valence-electron chi connectivity index (χ2n) is 7.74. The van der Waals surface area contributed by atoms with Gasteiger partial charge in [-0.2, -0.15) is 5.10 Å². The van der Waals surface area contributed by atoms with E-state index >= 15 is 0 Å². The van der Waals surface area contributed by atoms with Gasteiger partial charge in [0.15, 0.2) is 12.4 Å². The zero-order valence-corrected chi connectivity index (χ0v) is 19.0. The number of rotatable bonds is 7. The van der Waals surface area contributed by atoms with Crippen molar-refractivity contribution in [3.05, 3.63) is 101 Å². The van der Waals surface area contributed by atoms with Crippen LogP contribution in [0.2, 0.25) is 0 Å². The molecular formula is C26H22F2N4O3. The van der Waals surface area contributed by atoms with Gasteiger partial charge >= 0.3 is 0 Å². The number of nitrogens with one attached hydrogen (secondary N) is 2. The molecule has 178 valence electrons. The summed E-state index contributed by atoms with van der Waals surface area (Å²) in [6, 6.07) is 18.8. The number of anilines is 2. The van der Waals surface area contributed by atoms with Crippen LogP contribution in [0.1, 0.15) is 21.7 Å². The van der Waals surface area contributed by atoms with Gasteiger partial charge in [0.1, 0.15) is 17.3 Å². The number of hydrogen-bond acceptors (Lipinski definition) is 4. The Labute approximate surface area is 200 Å². The van der Waals surface area contributed by atoms with Crippen LogP contribution in [0.5, 0.6) is 5.75 Å². The number of amides is 2. The first-order valence-electron chi connectivity index (χ1n) is 10.7. The molecule has 0 aliphatic carbocycles. The van der Waals surface area contributed by atoms with E-state index < -0.39 is 17.5 Å². The monoisotopic (exact) mass is 476 g/mol. The van der Waals surface area contributed by atoms with Gasteiger partial charge in [0.05, 0.1) is 17.0 Å². The van der Waals surface area contributed by atoms with Gasteiger partial charge < -0.3 is 15.4 Å². The van der Waals surface area contributed by atoms with E-state index in [0.717, 1.165) is 12.1 Å². The summed E-state index contributed by atoms with van der Waals surface area (Å²) in [6.45, 7) is 3.05. The molecule has 0 atom stereocenters. The topological polar surface area (TPSA) is 85.2 Å². The number of halogens is 2. The number of para-hydroxylation sites is 1. The Kier molecular flexibility index (Phi) is 6.86. The molecule has 1 heterocycles. The molecule has 0 saturated heterocycles. The van der Waals surface area contributed by atoms with Crippen molar-refractivity contribution in [2.45, 2.75) is 13.8 Å². The lowest BCUT2D eigenvalue weighted by Gasteiger charge is -2.10. The average Bonchev–Trinajstić information content (AvgIpc) is 3.12. The fourth-order valence-electron chi connectivity index (χ4n) is 3.58. The number of carbonyl (C=O) groups excluding carboxylic acids is 2. The molecule has 2 N–H and O–H groups in total. The van der Waals surface area contributed by atoms with E-state index in [1.807, 2.05) is 18.2 Å². The summed E-state index contributed by atoms with van der Waals surface area (Å²) in [5.74, 6) is -1.87. The molecule has 9 heteroatoms. The standard InChI is InChI=1S/C26H22F2N4O3/c1-16-25(17(2)32(31-16)23-12-11-18(27)13-22(23)28)26(34)30-20-9-6-10-21(14-20)35-15-24(33)29-19-7-4-3-5-8-19/h3-14H,15H2,1-2H3,(H,29,33)(H,30,34). The summed E-state index contributed by atoms with van der Waals surface area (Å²) >= 11 is 0. The van der Waals surface area contributed by atoms with Crippen LogP contribution in [0.3, 0.4) is 0 Å². The van der Waals surface area contributed by atoms with Crippen molar-refractivity contribution >= 4 is 23.2 Å². The first-order chi connectivity index (χ1) is 16.8. The number of carbonyl (C=O) groups is 2. The molecular weight excluding hydrogens is 454 g/mol. The molecule has 0 radical (unpaired) electrons. The highest BCUT2D eigenvalue weighted by atomic mass is 19.1. The van der Waals surface area contributed by atoms with Gasteiger partial charge in [-0.25, -0.2) is 13.5 Å². The minimum atomic E-state index is -0.788. The van der Waals surface area contributed by atoms with Gasteiger partial charge in [0.25, 0.3) is 11.8 Å². The molecule has 0 aliphatic rings. The summed E-state index contributed by atoms with van der Waals surface area (Å²) in [5, 5.41) is 9.75. The van der Waals surface area contributed by atoms with Crippen molar-refractivity contribution in [2.75, 3.05) is 17.2 Å². The lowest BCUT2D eigenvalue weighted by atomic mass is 10.1. The van der Waals surface area contributed by atoms with E-state index in [0.29, 0.717) is 28.5 Å². The minimum absolute atomic E-state index is 0.0372. The normalized spacial score (nSPS) is 10.6. The van der Waals surface area contributed by atoms with Crippen molar-refractivity contribution < 1.29 is 23.1 Å². The van der Waals surface area contributed by atoms with Crippen LogP contribution in [-0.4, -0.2) is 28.2 Å². The second-order valence-corrected chi connectivity index (χ2v) is 7.74. The maximum absolute atomic E-state index is 14.3. The van der Waals surface area contributed by atoms with E-state index in [4.69, 9.17) is 4.74 Å². The number of aryl methyl sites for hydroxylation is 1. The number of hydrogen-bond donors (Lipinski definition) is 2. The second kappa shape index (κ2) is 10.2. The number of aromatic nitrogens is 2. The predicted molar refractivity (Wildman–Crippen MR) is 128 cm³/mol. The van der Waals surface area contributed by atoms with Crippen LogP contribution in [0.25, 0.3) is 5.69 Å². The summed E-state index contributed by atoms with van der Waals surface area (Å²) in [7, 11) is 0. The van der Waals surface area contributed by atoms with Gasteiger partial charge in [-0.15, -0.1) is 0 Å². The van der Waals surface area contributed by atoms with Gasteiger partial charge in [-0.3, -0.25) is 9.59 Å². The Balaban J connectivity index is 1.44. The van der Waals surface area contributed by atoms with Crippen molar-refractivity contribution in [3.63, 3.8) is 0 Å². The third kappa shape index (κ3) is 5.52. The van der Waals surface area contributed by atoms with Gasteiger partial charge in [-0.05, 0) is 50.2 Å². The quantitative estimate of drug-likeness (QED) is 0.392. The van der Waals surface area contributed by atoms with Crippen LogP contribution in [-0.2, 0) is 4.79 Å². The van der Waals surface area contributed by atoms with E-state index in [1.54, 1.807) is 50.2 Å². The van der Waals surface area contributed by atoms with Gasteiger partial charge in [0.2, 0.25) is 0 Å². The zero-order chi connectivity index (χ0) is 24.9. The molecule has 0 spiro atoms. The van der Waals surface area contributed by atoms with E-state index in [1.165, 1.54) is 10.7 Å². The third-order valence-corrected chi connectivity index (χ3v) is 5.18. The van der Waals surface area contributed by atoms with Crippen LogP contribution >= 0.6 is 0 Å². The average molecular weight is 476 g/mol. The predicted octanol–water partition coefficient (Wildman–Crippen LogP) is 5.04.